The van der Waals surface area contributed by atoms with Gasteiger partial charge in [-0.2, -0.15) is 0 Å². The normalized spacial score (nSPS) is 9.38. The molecule has 0 bridgehead atoms. The first-order chi connectivity index (χ1) is 12.2. The minimum Gasteiger partial charge on any atom is -0.545 e. The van der Waals surface area contributed by atoms with E-state index in [1.165, 1.54) is 0 Å². The van der Waals surface area contributed by atoms with E-state index in [-0.39, 0.29) is 11.1 Å². The molecule has 0 fully saturated rings. The van der Waals surface area contributed by atoms with Crippen molar-refractivity contribution in [3.05, 3.63) is 72.8 Å². The lowest BCUT2D eigenvalue weighted by molar-refractivity contribution is -0.671. The molecule has 8 heteroatoms. The van der Waals surface area contributed by atoms with E-state index in [1.54, 1.807) is 0 Å². The van der Waals surface area contributed by atoms with E-state index in [0.717, 1.165) is 24.3 Å². The second kappa shape index (κ2) is 9.77. The van der Waals surface area contributed by atoms with Crippen LogP contribution in [0.3, 0.4) is 0 Å². The predicted molar refractivity (Wildman–Crippen MR) is 88.3 cm³/mol. The Labute approximate surface area is 151 Å². The molecule has 0 amide bonds. The summed E-state index contributed by atoms with van der Waals surface area (Å²) in [7, 11) is 8.00. The Morgan fingerprint density at radius 2 is 1.08 bits per heavy atom. The molecule has 0 unspecified atom stereocenters. The average molecular weight is 358 g/mol. The van der Waals surface area contributed by atoms with Crippen LogP contribution < -0.4 is 19.3 Å². The van der Waals surface area contributed by atoms with Crippen molar-refractivity contribution in [3.8, 4) is 0 Å². The molecule has 0 radical (unpaired) electrons. The lowest BCUT2D eigenvalue weighted by Gasteiger charge is -2.04. The Morgan fingerprint density at radius 1 is 0.769 bits per heavy atom. The number of hydrogen-bond donors (Lipinski definition) is 0. The highest BCUT2D eigenvalue weighted by atomic mass is 16.4. The van der Waals surface area contributed by atoms with Gasteiger partial charge in [0, 0.05) is 0 Å². The summed E-state index contributed by atoms with van der Waals surface area (Å²) in [6.07, 6.45) is 12.0. The highest BCUT2D eigenvalue weighted by Gasteiger charge is 1.94. The molecule has 2 aromatic heterocycles. The molecule has 0 atom stereocenters. The number of hydrogen-bond acceptors (Lipinski definition) is 4. The first kappa shape index (κ1) is 20.6. The Hall–Kier alpha value is -3.42. The largest absolute Gasteiger partial charge is 0.545 e. The van der Waals surface area contributed by atoms with Crippen LogP contribution in [-0.2, 0) is 28.2 Å². The monoisotopic (exact) mass is 358 g/mol. The van der Waals surface area contributed by atoms with Crippen molar-refractivity contribution >= 4 is 11.9 Å². The molecule has 0 aliphatic heterocycles. The SMILES string of the molecule is Cn1cc[n+](C)c1.Cn1cc[n+](C)c1.O=C([O-])c1ccc(C(=O)[O-])cc1. The summed E-state index contributed by atoms with van der Waals surface area (Å²) in [5.41, 5.74) is -0.111. The number of imidazole rings is 2. The van der Waals surface area contributed by atoms with E-state index >= 15 is 0 Å². The highest BCUT2D eigenvalue weighted by molar-refractivity contribution is 5.89. The molecule has 0 spiro atoms. The topological polar surface area (TPSA) is 97.9 Å². The number of aromatic nitrogens is 4. The summed E-state index contributed by atoms with van der Waals surface area (Å²) >= 11 is 0. The quantitative estimate of drug-likeness (QED) is 0.500. The minimum absolute atomic E-state index is 0.0556. The zero-order valence-electron chi connectivity index (χ0n) is 15.2. The first-order valence-corrected chi connectivity index (χ1v) is 7.66. The van der Waals surface area contributed by atoms with Crippen LogP contribution in [0, 0.1) is 0 Å². The maximum absolute atomic E-state index is 10.2. The van der Waals surface area contributed by atoms with Crippen molar-refractivity contribution in [2.24, 2.45) is 28.2 Å². The smallest absolute Gasteiger partial charge is 0.243 e. The number of carboxylic acid groups (broad SMARTS) is 2. The summed E-state index contributed by atoms with van der Waals surface area (Å²) in [6, 6.07) is 4.61. The molecule has 0 saturated heterocycles. The van der Waals surface area contributed by atoms with Crippen LogP contribution in [0.25, 0.3) is 0 Å². The summed E-state index contributed by atoms with van der Waals surface area (Å²) in [4.78, 5) is 20.4. The maximum Gasteiger partial charge on any atom is 0.243 e. The molecule has 3 aromatic rings. The third-order valence-electron chi connectivity index (χ3n) is 3.16. The second-order valence-corrected chi connectivity index (χ2v) is 5.64. The van der Waals surface area contributed by atoms with Crippen molar-refractivity contribution in [1.82, 2.24) is 9.13 Å². The van der Waals surface area contributed by atoms with Crippen molar-refractivity contribution in [1.29, 1.82) is 0 Å². The molecule has 2 heterocycles. The predicted octanol–water partition coefficient (Wildman–Crippen LogP) is -1.89. The Kier molecular flexibility index (Phi) is 7.75. The minimum atomic E-state index is -1.33. The average Bonchev–Trinajstić information content (AvgIpc) is 3.15. The number of nitrogens with zero attached hydrogens (tertiary/aromatic N) is 4. The Bertz CT molecular complexity index is 746. The van der Waals surface area contributed by atoms with E-state index in [9.17, 15) is 19.8 Å². The number of benzene rings is 1. The van der Waals surface area contributed by atoms with Crippen LogP contribution >= 0.6 is 0 Å². The van der Waals surface area contributed by atoms with Gasteiger partial charge in [0.05, 0.1) is 40.1 Å². The number of aromatic carboxylic acids is 2. The van der Waals surface area contributed by atoms with Gasteiger partial charge >= 0.3 is 0 Å². The van der Waals surface area contributed by atoms with Crippen molar-refractivity contribution < 1.29 is 28.9 Å². The molecule has 26 heavy (non-hydrogen) atoms. The highest BCUT2D eigenvalue weighted by Crippen LogP contribution is 2.01. The first-order valence-electron chi connectivity index (χ1n) is 7.66. The van der Waals surface area contributed by atoms with Crippen molar-refractivity contribution in [2.75, 3.05) is 0 Å². The Morgan fingerprint density at radius 3 is 1.19 bits per heavy atom. The number of rotatable bonds is 2. The fourth-order valence-electron chi connectivity index (χ4n) is 1.89. The molecule has 3 rings (SSSR count). The summed E-state index contributed by atoms with van der Waals surface area (Å²) in [5.74, 6) is -2.67. The third kappa shape index (κ3) is 7.43. The van der Waals surface area contributed by atoms with E-state index < -0.39 is 11.9 Å². The zero-order chi connectivity index (χ0) is 19.7. The number of aryl methyl sites for hydroxylation is 4. The van der Waals surface area contributed by atoms with Gasteiger partial charge in [-0.3, -0.25) is 0 Å². The van der Waals surface area contributed by atoms with Gasteiger partial charge in [0.15, 0.2) is 0 Å². The lowest BCUT2D eigenvalue weighted by atomic mass is 10.1. The third-order valence-corrected chi connectivity index (χ3v) is 3.16. The van der Waals surface area contributed by atoms with E-state index in [2.05, 4.69) is 0 Å². The molecule has 0 saturated carbocycles. The van der Waals surface area contributed by atoms with Crippen LogP contribution in [0.1, 0.15) is 20.7 Å². The van der Waals surface area contributed by atoms with E-state index in [0.29, 0.717) is 0 Å². The number of carboxylic acids is 2. The van der Waals surface area contributed by atoms with Crippen molar-refractivity contribution in [2.45, 2.75) is 0 Å². The molecule has 8 nitrogen and oxygen atoms in total. The molecule has 138 valence electrons. The summed E-state index contributed by atoms with van der Waals surface area (Å²) in [6.45, 7) is 0. The van der Waals surface area contributed by atoms with Crippen LogP contribution in [-0.4, -0.2) is 21.1 Å². The van der Waals surface area contributed by atoms with E-state index in [4.69, 9.17) is 0 Å². The fraction of sp³-hybridized carbons (Fsp3) is 0.222. The van der Waals surface area contributed by atoms with E-state index in [1.807, 2.05) is 83.9 Å². The molecule has 0 N–H and O–H groups in total. The van der Waals surface area contributed by atoms with Gasteiger partial charge in [-0.05, 0) is 11.1 Å². The zero-order valence-corrected chi connectivity index (χ0v) is 15.2. The van der Waals surface area contributed by atoms with Crippen LogP contribution in [0.15, 0.2) is 61.7 Å². The molecular formula is C18H22N4O4. The molecule has 0 aliphatic carbocycles. The Balaban J connectivity index is 0.000000207. The second-order valence-electron chi connectivity index (χ2n) is 5.64. The fourth-order valence-corrected chi connectivity index (χ4v) is 1.89. The standard InChI is InChI=1S/C8H6O4.2C5H9N2/c9-7(10)5-1-2-6(4-3-5)8(11)12;2*1-6-3-4-7(2)5-6/h1-4H,(H,9,10)(H,11,12);2*3-5H,1-2H3/q;2*+1/p-2. The molecule has 0 aliphatic rings. The van der Waals surface area contributed by atoms with Gasteiger partial charge < -0.3 is 19.8 Å². The number of carbonyl (C=O) groups is 2. The number of carbonyl (C=O) groups excluding carboxylic acids is 2. The van der Waals surface area contributed by atoms with Gasteiger partial charge in [0.2, 0.25) is 12.7 Å². The van der Waals surface area contributed by atoms with Crippen LogP contribution in [0.5, 0.6) is 0 Å². The summed E-state index contributed by atoms with van der Waals surface area (Å²) in [5, 5.41) is 20.4. The van der Waals surface area contributed by atoms with Gasteiger partial charge in [-0.25, -0.2) is 18.3 Å². The van der Waals surface area contributed by atoms with Crippen LogP contribution in [0.2, 0.25) is 0 Å². The van der Waals surface area contributed by atoms with Crippen LogP contribution in [0.4, 0.5) is 0 Å². The lowest BCUT2D eigenvalue weighted by Crippen LogP contribution is -2.24. The molecule has 1 aromatic carbocycles. The van der Waals surface area contributed by atoms with Gasteiger partial charge in [0.1, 0.15) is 24.8 Å². The van der Waals surface area contributed by atoms with Gasteiger partial charge in [0.25, 0.3) is 0 Å². The molecular weight excluding hydrogens is 336 g/mol. The van der Waals surface area contributed by atoms with Gasteiger partial charge in [-0.1, -0.05) is 24.3 Å². The van der Waals surface area contributed by atoms with Crippen molar-refractivity contribution in [3.63, 3.8) is 0 Å². The maximum atomic E-state index is 10.2. The van der Waals surface area contributed by atoms with Gasteiger partial charge in [-0.15, -0.1) is 0 Å². The summed E-state index contributed by atoms with van der Waals surface area (Å²) < 4.78 is 8.00.